The summed E-state index contributed by atoms with van der Waals surface area (Å²) in [5, 5.41) is 31.8. The third-order valence-corrected chi connectivity index (χ3v) is 31.9. The van der Waals surface area contributed by atoms with Gasteiger partial charge in [0.15, 0.2) is 65.9 Å². The zero-order valence-electron chi connectivity index (χ0n) is 75.0. The molecule has 656 valence electrons. The second-order valence-corrected chi connectivity index (χ2v) is 38.6. The maximum Gasteiger partial charge on any atom is 0.195 e. The van der Waals surface area contributed by atoms with Crippen molar-refractivity contribution in [2.24, 2.45) is 5.92 Å². The van der Waals surface area contributed by atoms with Crippen LogP contribution in [0.25, 0.3) is 270 Å². The summed E-state index contributed by atoms with van der Waals surface area (Å²) in [5.41, 5.74) is 8.92. The number of benzene rings is 19. The molecule has 0 bridgehead atoms. The number of allylic oxidation sites excluding steroid dienone is 12. The number of carbonyl (C=O) groups is 2. The van der Waals surface area contributed by atoms with Crippen molar-refractivity contribution in [1.82, 2.24) is 0 Å². The molecule has 0 saturated heterocycles. The zero-order valence-corrected chi connectivity index (χ0v) is 75.0. The fourth-order valence-corrected chi connectivity index (χ4v) is 26.2. The van der Waals surface area contributed by atoms with E-state index in [2.05, 4.69) is 24.3 Å². The van der Waals surface area contributed by atoms with E-state index in [-0.39, 0.29) is 71.8 Å². The molecule has 0 saturated carbocycles. The van der Waals surface area contributed by atoms with Gasteiger partial charge < -0.3 is 0 Å². The van der Waals surface area contributed by atoms with Gasteiger partial charge in [0.25, 0.3) is 0 Å². The van der Waals surface area contributed by atoms with E-state index in [1.54, 1.807) is 42.5 Å². The van der Waals surface area contributed by atoms with Crippen molar-refractivity contribution >= 4 is 281 Å². The highest BCUT2D eigenvalue weighted by molar-refractivity contribution is 6.52. The lowest BCUT2D eigenvalue weighted by molar-refractivity contribution is 0.103. The van der Waals surface area contributed by atoms with Crippen LogP contribution >= 0.6 is 0 Å². The van der Waals surface area contributed by atoms with Crippen LogP contribution < -0.4 is 54.3 Å². The van der Waals surface area contributed by atoms with E-state index in [0.29, 0.717) is 162 Å². The monoisotopic (exact) mass is 1820 g/mol. The summed E-state index contributed by atoms with van der Waals surface area (Å²) in [5.74, 6) is 0.219. The third-order valence-electron chi connectivity index (χ3n) is 31.9. The van der Waals surface area contributed by atoms with E-state index in [4.69, 9.17) is 0 Å². The number of hydrogen-bond donors (Lipinski definition) is 0. The summed E-state index contributed by atoms with van der Waals surface area (Å²) in [7, 11) is 0. The van der Waals surface area contributed by atoms with Gasteiger partial charge >= 0.3 is 0 Å². The molecule has 34 rings (SSSR count). The van der Waals surface area contributed by atoms with Gasteiger partial charge in [0.05, 0.1) is 0 Å². The van der Waals surface area contributed by atoms with Crippen LogP contribution in [0.4, 0.5) is 0 Å². The Labute approximate surface area is 801 Å². The van der Waals surface area contributed by atoms with Crippen LogP contribution in [-0.2, 0) is 0 Å². The fraction of sp³-hybridized carbons (Fsp3) is 0.00763. The van der Waals surface area contributed by atoms with Crippen LogP contribution in [0.3, 0.4) is 0 Å². The molecule has 0 spiro atoms. The molecule has 29 aromatic rings. The molecule has 0 N–H and O–H groups in total. The number of Topliss-reactive ketones (excluding diaryl/α,β-unsaturated/α-hetero) is 2. The number of ketones is 2. The average molecular weight is 1830 g/mol. The standard InChI is InChI=1S/C39H18O3.C38H16O4.C27H12O3.C27H14O2/c40-37-28-16-22-10-4-1-7-19(22)13-25(28)31-34(37)32-27-15-21-9-3-6-12-24(21)18-30(27)39(42)36(32)33-26-14-20-8-2-5-11-23(20)17-29(26)38(41)35(31)33;39-35-21-13-5-1-9-17(21)25-29-26-18-10-2-6-14-22(18)37(41)33(26)34-28(20-12-4-8-16-24(20)38(34)42)30(29)27-19-11-3-7-15-23(19)36(40)32(27)31(25)35;28-25-16-10-4-1-7-13(16)19-22(25)20-15-9-3-6-12-18(15)27(30)24(20)21-14-8-2-5-11-17(14)26(29)23(19)21;28-26-18-10-4-2-8-16(18)25-20-13-22-24(15-7-1-3-9-17(15)27(22)29)19-11-5-6-14(23(19)20)12-21(25)26/h1-18H;1-16H;1-12H;1-13,23H. The summed E-state index contributed by atoms with van der Waals surface area (Å²) >= 11 is 0. The summed E-state index contributed by atoms with van der Waals surface area (Å²) in [4.78, 5) is 167. The molecule has 5 aliphatic carbocycles. The minimum Gasteiger partial charge on any atom is -0.289 e. The van der Waals surface area contributed by atoms with Crippen molar-refractivity contribution in [2.75, 3.05) is 0 Å². The first-order valence-corrected chi connectivity index (χ1v) is 47.6. The van der Waals surface area contributed by atoms with Crippen LogP contribution in [0.2, 0.25) is 0 Å². The Hall–Kier alpha value is -19.3. The quantitative estimate of drug-likeness (QED) is 0.139. The second kappa shape index (κ2) is 27.8. The number of rotatable bonds is 0. The van der Waals surface area contributed by atoms with E-state index in [1.165, 1.54) is 0 Å². The lowest BCUT2D eigenvalue weighted by atomic mass is 9.67. The predicted octanol–water partition coefficient (Wildman–Crippen LogP) is 26.0. The largest absolute Gasteiger partial charge is 0.289 e. The van der Waals surface area contributed by atoms with Crippen LogP contribution in [-0.4, -0.2) is 11.6 Å². The normalized spacial score (nSPS) is 14.6. The highest BCUT2D eigenvalue weighted by Gasteiger charge is 2.46. The molecule has 0 fully saturated rings. The van der Waals surface area contributed by atoms with Crippen LogP contribution in [0.5, 0.6) is 0 Å². The summed E-state index contributed by atoms with van der Waals surface area (Å²) in [6.07, 6.45) is 10.4. The summed E-state index contributed by atoms with van der Waals surface area (Å²) < 4.78 is 0. The van der Waals surface area contributed by atoms with Crippen LogP contribution in [0, 0.1) is 5.92 Å². The first-order valence-electron chi connectivity index (χ1n) is 47.6. The molecule has 143 heavy (non-hydrogen) atoms. The highest BCUT2D eigenvalue weighted by atomic mass is 16.2. The van der Waals surface area contributed by atoms with Gasteiger partial charge in [-0.3, -0.25) is 57.5 Å². The van der Waals surface area contributed by atoms with Gasteiger partial charge in [-0.05, 0) is 174 Å². The zero-order chi connectivity index (χ0) is 95.3. The van der Waals surface area contributed by atoms with E-state index in [0.717, 1.165) is 158 Å². The Morgan fingerprint density at radius 2 is 0.357 bits per heavy atom. The van der Waals surface area contributed by atoms with Gasteiger partial charge in [-0.1, -0.05) is 309 Å². The van der Waals surface area contributed by atoms with Crippen molar-refractivity contribution in [1.29, 1.82) is 0 Å². The minimum atomic E-state index is -0.191. The van der Waals surface area contributed by atoms with Crippen molar-refractivity contribution in [2.45, 2.75) is 0 Å². The van der Waals surface area contributed by atoms with Crippen molar-refractivity contribution in [3.8, 4) is 0 Å². The maximum atomic E-state index is 14.4. The second-order valence-electron chi connectivity index (χ2n) is 38.6. The number of fused-ring (bicyclic) bond motifs is 52. The Morgan fingerprint density at radius 3 is 0.629 bits per heavy atom. The Morgan fingerprint density at radius 1 is 0.161 bits per heavy atom. The van der Waals surface area contributed by atoms with Gasteiger partial charge in [-0.2, -0.15) is 0 Å². The lowest BCUT2D eigenvalue weighted by Gasteiger charge is -2.35. The first-order chi connectivity index (χ1) is 70.1. The van der Waals surface area contributed by atoms with Gasteiger partial charge in [-0.15, -0.1) is 0 Å². The van der Waals surface area contributed by atoms with E-state index in [1.807, 2.05) is 291 Å². The lowest BCUT2D eigenvalue weighted by Crippen LogP contribution is -2.21. The minimum absolute atomic E-state index is 0.0652. The molecule has 1 unspecified atom stereocenters. The highest BCUT2D eigenvalue weighted by Crippen LogP contribution is 2.59. The Kier molecular flexibility index (Phi) is 15.3. The molecule has 0 heterocycles. The molecule has 0 aliphatic heterocycles. The SMILES string of the molecule is O=C1C2=C(C3=CC4=C(C5=CC=CC(=C2)C53)c2ccccc2C4=O)c2ccccc21.O=c1c2cc3ccccc3cc2c2c1c1c3cc4ccccc4cc3c(=O)c1c1c3cc4ccccc4cc3c(=O)c21.O=c1c2ccccc2c2c1c1c(=O)c3ccccc3c1c1c3c4ccccc4c(=O)c3c3c(=O)c4ccccc4c3c21.O=c1c2ccccc2c2c1c1c3ccccc3c(=O)c1c1c3ccccc3c(=O)c21. The average Bonchev–Trinajstić information content (AvgIpc) is 1.50. The molecule has 29 aromatic carbocycles. The van der Waals surface area contributed by atoms with Gasteiger partial charge in [-0.25, -0.2) is 0 Å². The van der Waals surface area contributed by atoms with Crippen molar-refractivity contribution in [3.63, 3.8) is 0 Å². The molecule has 12 nitrogen and oxygen atoms in total. The molecular formula is C131H60O12. The van der Waals surface area contributed by atoms with Crippen LogP contribution in [0.15, 0.2) is 434 Å². The van der Waals surface area contributed by atoms with Crippen LogP contribution in [0.1, 0.15) is 31.8 Å². The molecule has 12 heteroatoms. The molecule has 1 atom stereocenters. The topological polar surface area (TPSA) is 205 Å². The first kappa shape index (κ1) is 78.8. The van der Waals surface area contributed by atoms with Gasteiger partial charge in [0.1, 0.15) is 0 Å². The van der Waals surface area contributed by atoms with Gasteiger partial charge in [0, 0.05) is 201 Å². The molecule has 0 radical (unpaired) electrons. The maximum absolute atomic E-state index is 14.4. The Bertz CT molecular complexity index is 11100. The third kappa shape index (κ3) is 9.82. The van der Waals surface area contributed by atoms with E-state index in [9.17, 15) is 57.5 Å². The Balaban J connectivity index is 0.0000000884. The smallest absolute Gasteiger partial charge is 0.195 e. The number of hydrogen-bond acceptors (Lipinski definition) is 12. The van der Waals surface area contributed by atoms with Crippen molar-refractivity contribution < 1.29 is 9.59 Å². The summed E-state index contributed by atoms with van der Waals surface area (Å²) in [6, 6.07) is 103. The summed E-state index contributed by atoms with van der Waals surface area (Å²) in [6.45, 7) is 0. The van der Waals surface area contributed by atoms with E-state index < -0.39 is 0 Å². The number of carbonyl (C=O) groups excluding carboxylic acids is 2. The predicted molar refractivity (Wildman–Crippen MR) is 586 cm³/mol. The molecule has 0 aromatic heterocycles. The molecule has 5 aliphatic rings. The molecule has 0 amide bonds. The molecular weight excluding hydrogens is 1770 g/mol. The van der Waals surface area contributed by atoms with E-state index >= 15 is 0 Å². The van der Waals surface area contributed by atoms with Crippen molar-refractivity contribution in [3.05, 3.63) is 510 Å². The van der Waals surface area contributed by atoms with Gasteiger partial charge in [0.2, 0.25) is 0 Å². The fourth-order valence-electron chi connectivity index (χ4n) is 26.2.